The third kappa shape index (κ3) is 1.68. The Morgan fingerprint density at radius 3 is 2.57 bits per heavy atom. The molecule has 0 fully saturated rings. The van der Waals surface area contributed by atoms with Gasteiger partial charge in [-0.2, -0.15) is 0 Å². The summed E-state index contributed by atoms with van der Waals surface area (Å²) in [4.78, 5) is 1.31. The van der Waals surface area contributed by atoms with Gasteiger partial charge in [0.05, 0.1) is 5.60 Å². The lowest BCUT2D eigenvalue weighted by molar-refractivity contribution is 0.0787. The lowest BCUT2D eigenvalue weighted by Gasteiger charge is -2.17. The maximum Gasteiger partial charge on any atom is 0.0840 e. The first-order valence-corrected chi connectivity index (χ1v) is 5.51. The molecule has 2 heteroatoms. The smallest absolute Gasteiger partial charge is 0.0840 e. The second-order valence-electron chi connectivity index (χ2n) is 4.17. The van der Waals surface area contributed by atoms with E-state index in [1.165, 1.54) is 15.0 Å². The quantitative estimate of drug-likeness (QED) is 0.757. The summed E-state index contributed by atoms with van der Waals surface area (Å²) >= 11 is 1.79. The van der Waals surface area contributed by atoms with Gasteiger partial charge in [0, 0.05) is 9.58 Å². The second kappa shape index (κ2) is 3.07. The molecule has 74 valence electrons. The number of aryl methyl sites for hydroxylation is 1. The Kier molecular flexibility index (Phi) is 2.13. The summed E-state index contributed by atoms with van der Waals surface area (Å²) in [5.74, 6) is 0. The fourth-order valence-electron chi connectivity index (χ4n) is 1.56. The molecule has 0 aliphatic heterocycles. The predicted octanol–water partition coefficient (Wildman–Crippen LogP) is 3.44. The molecule has 0 spiro atoms. The molecule has 0 saturated heterocycles. The summed E-state index contributed by atoms with van der Waals surface area (Å²) in [6.45, 7) is 5.73. The highest BCUT2D eigenvalue weighted by Crippen LogP contribution is 2.29. The molecule has 0 radical (unpaired) electrons. The average molecular weight is 206 g/mol. The first-order chi connectivity index (χ1) is 6.47. The number of aliphatic hydroxyl groups is 1. The van der Waals surface area contributed by atoms with E-state index in [1.54, 1.807) is 11.3 Å². The largest absolute Gasteiger partial charge is 0.386 e. The summed E-state index contributed by atoms with van der Waals surface area (Å²) < 4.78 is 1.29. The molecular weight excluding hydrogens is 192 g/mol. The van der Waals surface area contributed by atoms with Gasteiger partial charge in [-0.1, -0.05) is 6.07 Å². The van der Waals surface area contributed by atoms with Crippen molar-refractivity contribution in [3.05, 3.63) is 34.7 Å². The summed E-state index contributed by atoms with van der Waals surface area (Å²) in [5.41, 5.74) is 0.229. The standard InChI is InChI=1S/C12H14OS/c1-8-6-9-7-10(12(2,3)13)4-5-11(9)14-8/h4-7,13H,1-3H3. The van der Waals surface area contributed by atoms with E-state index in [-0.39, 0.29) is 0 Å². The molecule has 14 heavy (non-hydrogen) atoms. The van der Waals surface area contributed by atoms with Gasteiger partial charge in [-0.15, -0.1) is 11.3 Å². The fraction of sp³-hybridized carbons (Fsp3) is 0.333. The Balaban J connectivity index is 2.62. The van der Waals surface area contributed by atoms with Crippen molar-refractivity contribution in [3.8, 4) is 0 Å². The summed E-state index contributed by atoms with van der Waals surface area (Å²) in [5, 5.41) is 11.1. The van der Waals surface area contributed by atoms with E-state index in [9.17, 15) is 5.11 Å². The number of thiophene rings is 1. The SMILES string of the molecule is Cc1cc2cc(C(C)(C)O)ccc2s1. The first kappa shape index (κ1) is 9.69. The third-order valence-corrected chi connectivity index (χ3v) is 3.38. The van der Waals surface area contributed by atoms with Crippen LogP contribution in [-0.4, -0.2) is 5.11 Å². The molecule has 2 aromatic rings. The van der Waals surface area contributed by atoms with Crippen molar-refractivity contribution in [1.82, 2.24) is 0 Å². The van der Waals surface area contributed by atoms with Crippen LogP contribution in [0.5, 0.6) is 0 Å². The minimum atomic E-state index is -0.746. The lowest BCUT2D eigenvalue weighted by atomic mass is 9.97. The minimum Gasteiger partial charge on any atom is -0.386 e. The Bertz CT molecular complexity index is 463. The average Bonchev–Trinajstić information content (AvgIpc) is 2.41. The van der Waals surface area contributed by atoms with E-state index in [4.69, 9.17) is 0 Å². The van der Waals surface area contributed by atoms with Gasteiger partial charge in [-0.05, 0) is 49.9 Å². The molecule has 0 atom stereocenters. The van der Waals surface area contributed by atoms with Gasteiger partial charge in [0.1, 0.15) is 0 Å². The molecule has 0 aliphatic carbocycles. The lowest BCUT2D eigenvalue weighted by Crippen LogP contribution is -2.14. The maximum absolute atomic E-state index is 9.86. The van der Waals surface area contributed by atoms with Crippen molar-refractivity contribution in [2.45, 2.75) is 26.4 Å². The zero-order valence-corrected chi connectivity index (χ0v) is 9.48. The zero-order valence-electron chi connectivity index (χ0n) is 8.66. The van der Waals surface area contributed by atoms with Crippen molar-refractivity contribution in [1.29, 1.82) is 0 Å². The summed E-state index contributed by atoms with van der Waals surface area (Å²) in [6.07, 6.45) is 0. The highest BCUT2D eigenvalue weighted by Gasteiger charge is 2.16. The molecule has 1 aromatic heterocycles. The molecule has 1 aromatic carbocycles. The minimum absolute atomic E-state index is 0.746. The molecule has 2 rings (SSSR count). The maximum atomic E-state index is 9.86. The summed E-state index contributed by atoms with van der Waals surface area (Å²) in [7, 11) is 0. The Morgan fingerprint density at radius 2 is 1.93 bits per heavy atom. The topological polar surface area (TPSA) is 20.2 Å². The molecule has 0 saturated carbocycles. The van der Waals surface area contributed by atoms with Gasteiger partial charge in [-0.25, -0.2) is 0 Å². The number of fused-ring (bicyclic) bond motifs is 1. The Morgan fingerprint density at radius 1 is 1.21 bits per heavy atom. The van der Waals surface area contributed by atoms with Gasteiger partial charge < -0.3 is 5.11 Å². The molecular formula is C12H14OS. The molecule has 1 nitrogen and oxygen atoms in total. The molecule has 0 bridgehead atoms. The van der Waals surface area contributed by atoms with Crippen LogP contribution in [0.2, 0.25) is 0 Å². The Labute approximate surface area is 88.0 Å². The van der Waals surface area contributed by atoms with E-state index in [0.29, 0.717) is 0 Å². The van der Waals surface area contributed by atoms with Crippen LogP contribution in [0.4, 0.5) is 0 Å². The van der Waals surface area contributed by atoms with Gasteiger partial charge >= 0.3 is 0 Å². The molecule has 1 N–H and O–H groups in total. The van der Waals surface area contributed by atoms with E-state index in [1.807, 2.05) is 19.9 Å². The van der Waals surface area contributed by atoms with E-state index >= 15 is 0 Å². The van der Waals surface area contributed by atoms with Crippen molar-refractivity contribution < 1.29 is 5.11 Å². The van der Waals surface area contributed by atoms with Crippen molar-refractivity contribution in [2.24, 2.45) is 0 Å². The van der Waals surface area contributed by atoms with Gasteiger partial charge in [0.25, 0.3) is 0 Å². The van der Waals surface area contributed by atoms with Crippen LogP contribution in [0.1, 0.15) is 24.3 Å². The van der Waals surface area contributed by atoms with Crippen LogP contribution >= 0.6 is 11.3 Å². The highest BCUT2D eigenvalue weighted by atomic mass is 32.1. The predicted molar refractivity (Wildman–Crippen MR) is 61.8 cm³/mol. The molecule has 0 unspecified atom stereocenters. The molecule has 1 heterocycles. The van der Waals surface area contributed by atoms with Crippen LogP contribution < -0.4 is 0 Å². The van der Waals surface area contributed by atoms with Crippen molar-refractivity contribution in [3.63, 3.8) is 0 Å². The zero-order chi connectivity index (χ0) is 10.3. The fourth-order valence-corrected chi connectivity index (χ4v) is 2.46. The third-order valence-electron chi connectivity index (χ3n) is 2.35. The van der Waals surface area contributed by atoms with E-state index in [0.717, 1.165) is 5.56 Å². The van der Waals surface area contributed by atoms with Crippen LogP contribution in [0.25, 0.3) is 10.1 Å². The van der Waals surface area contributed by atoms with Crippen molar-refractivity contribution >= 4 is 21.4 Å². The highest BCUT2D eigenvalue weighted by molar-refractivity contribution is 7.19. The second-order valence-corrected chi connectivity index (χ2v) is 5.46. The van der Waals surface area contributed by atoms with Crippen molar-refractivity contribution in [2.75, 3.05) is 0 Å². The first-order valence-electron chi connectivity index (χ1n) is 4.70. The van der Waals surface area contributed by atoms with Gasteiger partial charge in [0.2, 0.25) is 0 Å². The van der Waals surface area contributed by atoms with Crippen LogP contribution in [0.15, 0.2) is 24.3 Å². The van der Waals surface area contributed by atoms with Gasteiger partial charge in [0.15, 0.2) is 0 Å². The van der Waals surface area contributed by atoms with E-state index < -0.39 is 5.60 Å². The number of hydrogen-bond acceptors (Lipinski definition) is 2. The summed E-state index contributed by atoms with van der Waals surface area (Å²) in [6, 6.07) is 8.31. The van der Waals surface area contributed by atoms with Crippen LogP contribution in [0.3, 0.4) is 0 Å². The van der Waals surface area contributed by atoms with E-state index in [2.05, 4.69) is 25.1 Å². The monoisotopic (exact) mass is 206 g/mol. The Hall–Kier alpha value is -0.860. The normalized spacial score (nSPS) is 12.3. The number of hydrogen-bond donors (Lipinski definition) is 1. The molecule has 0 amide bonds. The van der Waals surface area contributed by atoms with Crippen LogP contribution in [0, 0.1) is 6.92 Å². The number of rotatable bonds is 1. The van der Waals surface area contributed by atoms with Gasteiger partial charge in [-0.3, -0.25) is 0 Å². The van der Waals surface area contributed by atoms with Crippen LogP contribution in [-0.2, 0) is 5.60 Å². The molecule has 0 aliphatic rings. The number of benzene rings is 1.